The van der Waals surface area contributed by atoms with E-state index in [-0.39, 0.29) is 0 Å². The topological polar surface area (TPSA) is 39.7 Å². The lowest BCUT2D eigenvalue weighted by atomic mass is 10.9. The van der Waals surface area contributed by atoms with Crippen LogP contribution in [-0.2, 0) is 13.3 Å². The third kappa shape index (κ3) is 7.35. The van der Waals surface area contributed by atoms with Crippen LogP contribution in [0.5, 0.6) is 0 Å². The van der Waals surface area contributed by atoms with Gasteiger partial charge in [0.05, 0.1) is 0 Å². The van der Waals surface area contributed by atoms with E-state index in [4.69, 9.17) is 13.3 Å². The molecule has 0 bridgehead atoms. The Balaban J connectivity index is 3.64. The fraction of sp³-hybridized carbons (Fsp3) is 1.00. The first-order chi connectivity index (χ1) is 6.24. The molecule has 0 aliphatic heterocycles. The van der Waals surface area contributed by atoms with Gasteiger partial charge in [0.1, 0.15) is 0 Å². The second-order valence-electron chi connectivity index (χ2n) is 2.51. The molecule has 0 rings (SSSR count). The van der Waals surface area contributed by atoms with E-state index in [0.29, 0.717) is 13.2 Å². The molecule has 1 N–H and O–H groups in total. The van der Waals surface area contributed by atoms with Gasteiger partial charge in [-0.25, -0.2) is 0 Å². The Morgan fingerprint density at radius 1 is 0.923 bits per heavy atom. The van der Waals surface area contributed by atoms with Gasteiger partial charge in [-0.1, -0.05) is 0 Å². The van der Waals surface area contributed by atoms with E-state index in [2.05, 4.69) is 11.2 Å². The lowest BCUT2D eigenvalue weighted by Crippen LogP contribution is -2.49. The van der Waals surface area contributed by atoms with E-state index in [1.807, 2.05) is 20.8 Å². The van der Waals surface area contributed by atoms with Crippen molar-refractivity contribution in [1.82, 2.24) is 4.65 Å². The van der Waals surface area contributed by atoms with Crippen LogP contribution in [0.2, 0.25) is 6.55 Å². The minimum Gasteiger partial charge on any atom is -0.407 e. The average Bonchev–Trinajstić information content (AvgIpc) is 2.05. The van der Waals surface area contributed by atoms with Gasteiger partial charge in [-0.15, -0.1) is 0 Å². The number of rotatable bonds is 8. The lowest BCUT2D eigenvalue weighted by molar-refractivity contribution is 0.207. The molecule has 4 nitrogen and oxygen atoms in total. The summed E-state index contributed by atoms with van der Waals surface area (Å²) in [5.74, 6) is 0. The van der Waals surface area contributed by atoms with Crippen LogP contribution in [-0.4, -0.2) is 38.5 Å². The Hall–Kier alpha value is 0.274. The van der Waals surface area contributed by atoms with Gasteiger partial charge < -0.3 is 13.3 Å². The van der Waals surface area contributed by atoms with E-state index >= 15 is 0 Å². The summed E-state index contributed by atoms with van der Waals surface area (Å²) in [5, 5.41) is 0. The standard InChI is InChI=1S/C7H21NO3Si2/c1-5-9-12(4)8-13(10-6-2)11-7-3/h8,12-13H,5-7H2,1-4H3. The predicted molar refractivity (Wildman–Crippen MR) is 58.2 cm³/mol. The summed E-state index contributed by atoms with van der Waals surface area (Å²) < 4.78 is 19.7. The van der Waals surface area contributed by atoms with E-state index in [9.17, 15) is 0 Å². The van der Waals surface area contributed by atoms with Gasteiger partial charge in [-0.2, -0.15) is 0 Å². The van der Waals surface area contributed by atoms with Crippen LogP contribution in [0.4, 0.5) is 0 Å². The van der Waals surface area contributed by atoms with Crippen LogP contribution >= 0.6 is 0 Å². The van der Waals surface area contributed by atoms with Gasteiger partial charge >= 0.3 is 9.45 Å². The molecule has 1 unspecified atom stereocenters. The fourth-order valence-electron chi connectivity index (χ4n) is 0.937. The first kappa shape index (κ1) is 13.3. The first-order valence-corrected chi connectivity index (χ1v) is 8.57. The predicted octanol–water partition coefficient (Wildman–Crippen LogP) is 0.253. The van der Waals surface area contributed by atoms with E-state index in [0.717, 1.165) is 6.61 Å². The molecule has 0 saturated heterocycles. The molecule has 0 spiro atoms. The van der Waals surface area contributed by atoms with Gasteiger partial charge in [-0.3, -0.25) is 4.65 Å². The molecular formula is C7H21NO3Si2. The molecule has 6 heteroatoms. The molecule has 0 aliphatic rings. The lowest BCUT2D eigenvalue weighted by Gasteiger charge is -2.19. The van der Waals surface area contributed by atoms with Gasteiger partial charge in [0.2, 0.25) is 9.20 Å². The molecule has 0 radical (unpaired) electrons. The Labute approximate surface area is 84.3 Å². The Morgan fingerprint density at radius 3 is 1.77 bits per heavy atom. The van der Waals surface area contributed by atoms with Gasteiger partial charge in [0, 0.05) is 19.8 Å². The second-order valence-corrected chi connectivity index (χ2v) is 6.79. The molecule has 0 fully saturated rings. The monoisotopic (exact) mass is 223 g/mol. The highest BCUT2D eigenvalue weighted by molar-refractivity contribution is 6.62. The molecule has 0 aromatic rings. The van der Waals surface area contributed by atoms with Crippen LogP contribution in [0.25, 0.3) is 0 Å². The molecule has 0 heterocycles. The third-order valence-corrected chi connectivity index (χ3v) is 6.50. The van der Waals surface area contributed by atoms with Crippen LogP contribution in [0, 0.1) is 0 Å². The Bertz CT molecular complexity index is 112. The minimum atomic E-state index is -1.64. The summed E-state index contributed by atoms with van der Waals surface area (Å²) in [6.45, 7) is 10.2. The molecule has 80 valence electrons. The number of nitrogens with one attached hydrogen (secondary N) is 1. The largest absolute Gasteiger partial charge is 0.407 e. The maximum absolute atomic E-state index is 5.47. The quantitative estimate of drug-likeness (QED) is 0.599. The van der Waals surface area contributed by atoms with Crippen molar-refractivity contribution in [2.24, 2.45) is 0 Å². The molecule has 0 aromatic carbocycles. The summed E-state index contributed by atoms with van der Waals surface area (Å²) in [6.07, 6.45) is 0. The van der Waals surface area contributed by atoms with Crippen LogP contribution in [0.15, 0.2) is 0 Å². The van der Waals surface area contributed by atoms with Crippen LogP contribution in [0.1, 0.15) is 20.8 Å². The van der Waals surface area contributed by atoms with Crippen molar-refractivity contribution in [3.8, 4) is 0 Å². The molecule has 0 aromatic heterocycles. The first-order valence-electron chi connectivity index (χ1n) is 4.85. The number of hydrogen-bond acceptors (Lipinski definition) is 4. The molecule has 13 heavy (non-hydrogen) atoms. The third-order valence-electron chi connectivity index (χ3n) is 1.42. The summed E-state index contributed by atoms with van der Waals surface area (Å²) in [4.78, 5) is 0. The normalized spacial score (nSPS) is 13.6. The van der Waals surface area contributed by atoms with E-state index < -0.39 is 18.6 Å². The summed E-state index contributed by atoms with van der Waals surface area (Å²) in [7, 11) is -2.90. The van der Waals surface area contributed by atoms with Crippen molar-refractivity contribution >= 4 is 18.6 Å². The zero-order chi connectivity index (χ0) is 10.1. The van der Waals surface area contributed by atoms with Crippen molar-refractivity contribution in [3.05, 3.63) is 0 Å². The summed E-state index contributed by atoms with van der Waals surface area (Å²) in [5.41, 5.74) is 0. The number of hydrogen-bond donors (Lipinski definition) is 1. The SMILES string of the molecule is CCO[SiH](C)N[SiH](OCC)OCC. The highest BCUT2D eigenvalue weighted by Crippen LogP contribution is 1.88. The molecule has 0 amide bonds. The molecular weight excluding hydrogens is 202 g/mol. The molecule has 1 atom stereocenters. The zero-order valence-electron chi connectivity index (χ0n) is 9.00. The van der Waals surface area contributed by atoms with Crippen molar-refractivity contribution in [2.75, 3.05) is 19.8 Å². The summed E-state index contributed by atoms with van der Waals surface area (Å²) >= 11 is 0. The van der Waals surface area contributed by atoms with E-state index in [1.165, 1.54) is 0 Å². The smallest absolute Gasteiger partial charge is 0.403 e. The summed E-state index contributed by atoms with van der Waals surface area (Å²) in [6, 6.07) is 0. The maximum Gasteiger partial charge on any atom is 0.403 e. The van der Waals surface area contributed by atoms with Crippen LogP contribution in [0.3, 0.4) is 0 Å². The van der Waals surface area contributed by atoms with Crippen molar-refractivity contribution in [3.63, 3.8) is 0 Å². The second kappa shape index (κ2) is 8.85. The molecule has 0 aliphatic carbocycles. The van der Waals surface area contributed by atoms with Crippen LogP contribution < -0.4 is 4.65 Å². The van der Waals surface area contributed by atoms with Gasteiger partial charge in [0.15, 0.2) is 0 Å². The Kier molecular flexibility index (Phi) is 9.04. The molecule has 0 saturated carbocycles. The van der Waals surface area contributed by atoms with Gasteiger partial charge in [0.25, 0.3) is 0 Å². The minimum absolute atomic E-state index is 0.705. The van der Waals surface area contributed by atoms with E-state index in [1.54, 1.807) is 0 Å². The van der Waals surface area contributed by atoms with Crippen molar-refractivity contribution < 1.29 is 13.3 Å². The van der Waals surface area contributed by atoms with Gasteiger partial charge in [-0.05, 0) is 27.3 Å². The average molecular weight is 223 g/mol. The maximum atomic E-state index is 5.47. The Morgan fingerprint density at radius 2 is 1.38 bits per heavy atom. The van der Waals surface area contributed by atoms with Crippen molar-refractivity contribution in [2.45, 2.75) is 27.3 Å². The van der Waals surface area contributed by atoms with Crippen molar-refractivity contribution in [1.29, 1.82) is 0 Å². The highest BCUT2D eigenvalue weighted by Gasteiger charge is 2.16. The fourth-order valence-corrected chi connectivity index (χ4v) is 4.83. The zero-order valence-corrected chi connectivity index (χ0v) is 11.3. The highest BCUT2D eigenvalue weighted by atomic mass is 28.4.